The highest BCUT2D eigenvalue weighted by Gasteiger charge is 2.11. The third-order valence-electron chi connectivity index (χ3n) is 2.64. The lowest BCUT2D eigenvalue weighted by atomic mass is 10.2. The van der Waals surface area contributed by atoms with Crippen molar-refractivity contribution in [1.82, 2.24) is 4.98 Å². The first-order chi connectivity index (χ1) is 10.0. The van der Waals surface area contributed by atoms with Gasteiger partial charge in [-0.15, -0.1) is 0 Å². The van der Waals surface area contributed by atoms with Crippen molar-refractivity contribution in [2.75, 3.05) is 17.2 Å². The predicted molar refractivity (Wildman–Crippen MR) is 87.8 cm³/mol. The third kappa shape index (κ3) is 4.00. The van der Waals surface area contributed by atoms with Gasteiger partial charge in [0, 0.05) is 18.3 Å². The second-order valence-electron chi connectivity index (χ2n) is 4.16. The number of carbonyl (C=O) groups is 1. The van der Waals surface area contributed by atoms with Crippen LogP contribution in [0.3, 0.4) is 0 Å². The van der Waals surface area contributed by atoms with Gasteiger partial charge in [0.1, 0.15) is 5.82 Å². The molecule has 1 amide bonds. The number of halogens is 3. The number of hydrogen-bond acceptors (Lipinski definition) is 3. The van der Waals surface area contributed by atoms with Crippen LogP contribution in [0.15, 0.2) is 30.5 Å². The van der Waals surface area contributed by atoms with E-state index in [1.807, 2.05) is 6.92 Å². The van der Waals surface area contributed by atoms with Gasteiger partial charge in [0.05, 0.1) is 20.8 Å². The molecule has 0 aliphatic heterocycles. The lowest BCUT2D eigenvalue weighted by molar-refractivity contribution is 0.102. The molecule has 0 radical (unpaired) electrons. The van der Waals surface area contributed by atoms with Crippen LogP contribution < -0.4 is 10.6 Å². The number of nitrogens with one attached hydrogen (secondary N) is 2. The summed E-state index contributed by atoms with van der Waals surface area (Å²) in [4.78, 5) is 16.3. The molecule has 0 atom stereocenters. The number of aromatic nitrogens is 1. The van der Waals surface area contributed by atoms with E-state index >= 15 is 0 Å². The summed E-state index contributed by atoms with van der Waals surface area (Å²) in [6.45, 7) is 2.67. The molecule has 0 saturated carbocycles. The minimum atomic E-state index is -0.308. The number of nitrogens with zero attached hydrogens (tertiary/aromatic N) is 1. The van der Waals surface area contributed by atoms with E-state index in [-0.39, 0.29) is 5.91 Å². The number of pyridine rings is 1. The molecule has 0 aliphatic rings. The third-order valence-corrected chi connectivity index (χ3v) is 3.67. The maximum absolute atomic E-state index is 12.2. The van der Waals surface area contributed by atoms with Gasteiger partial charge in [-0.3, -0.25) is 4.79 Å². The smallest absolute Gasteiger partial charge is 0.255 e. The summed E-state index contributed by atoms with van der Waals surface area (Å²) in [7, 11) is 0. The first-order valence-electron chi connectivity index (χ1n) is 6.17. The van der Waals surface area contributed by atoms with Gasteiger partial charge < -0.3 is 10.6 Å². The van der Waals surface area contributed by atoms with E-state index in [0.717, 1.165) is 6.54 Å². The van der Waals surface area contributed by atoms with Crippen molar-refractivity contribution in [2.24, 2.45) is 0 Å². The Labute approximate surface area is 137 Å². The molecule has 0 saturated heterocycles. The summed E-state index contributed by atoms with van der Waals surface area (Å²) in [6, 6.07) is 6.26. The van der Waals surface area contributed by atoms with Crippen LogP contribution in [0.2, 0.25) is 15.1 Å². The average molecular weight is 345 g/mol. The zero-order valence-corrected chi connectivity index (χ0v) is 13.4. The van der Waals surface area contributed by atoms with Gasteiger partial charge in [-0.05, 0) is 31.2 Å². The summed E-state index contributed by atoms with van der Waals surface area (Å²) in [6.07, 6.45) is 1.56. The molecule has 4 nitrogen and oxygen atoms in total. The molecule has 2 aromatic rings. The van der Waals surface area contributed by atoms with Crippen LogP contribution in [-0.4, -0.2) is 17.4 Å². The fourth-order valence-electron chi connectivity index (χ4n) is 1.66. The Balaban J connectivity index is 2.22. The Kier molecular flexibility index (Phi) is 5.28. The average Bonchev–Trinajstić information content (AvgIpc) is 2.45. The molecular formula is C14H12Cl3N3O. The fraction of sp³-hybridized carbons (Fsp3) is 0.143. The molecule has 1 heterocycles. The van der Waals surface area contributed by atoms with Gasteiger partial charge in [-0.1, -0.05) is 34.8 Å². The standard InChI is InChI=1S/C14H12Cl3N3O/c1-2-18-13-5-8(3-4-19-13)14(21)20-12-7-10(16)9(15)6-11(12)17/h3-7H,2H2,1H3,(H,18,19)(H,20,21). The van der Waals surface area contributed by atoms with Crippen LogP contribution in [-0.2, 0) is 0 Å². The van der Waals surface area contributed by atoms with Gasteiger partial charge in [0.15, 0.2) is 0 Å². The number of hydrogen-bond donors (Lipinski definition) is 2. The lowest BCUT2D eigenvalue weighted by Gasteiger charge is -2.09. The van der Waals surface area contributed by atoms with Crippen LogP contribution in [0.5, 0.6) is 0 Å². The lowest BCUT2D eigenvalue weighted by Crippen LogP contribution is -2.13. The summed E-state index contributed by atoms with van der Waals surface area (Å²) < 4.78 is 0. The Hall–Kier alpha value is -1.49. The quantitative estimate of drug-likeness (QED) is 0.789. The summed E-state index contributed by atoms with van der Waals surface area (Å²) >= 11 is 17.8. The minimum Gasteiger partial charge on any atom is -0.370 e. The normalized spacial score (nSPS) is 10.3. The van der Waals surface area contributed by atoms with Gasteiger partial charge in [-0.2, -0.15) is 0 Å². The van der Waals surface area contributed by atoms with E-state index in [0.29, 0.717) is 32.1 Å². The SMILES string of the molecule is CCNc1cc(C(=O)Nc2cc(Cl)c(Cl)cc2Cl)ccn1. The molecule has 0 unspecified atom stereocenters. The van der Waals surface area contributed by atoms with Crippen LogP contribution in [0.4, 0.5) is 11.5 Å². The van der Waals surface area contributed by atoms with Crippen LogP contribution in [0.1, 0.15) is 17.3 Å². The van der Waals surface area contributed by atoms with Crippen LogP contribution in [0, 0.1) is 0 Å². The molecule has 2 N–H and O–H groups in total. The Bertz CT molecular complexity index is 677. The van der Waals surface area contributed by atoms with Crippen molar-refractivity contribution < 1.29 is 4.79 Å². The van der Waals surface area contributed by atoms with E-state index in [1.54, 1.807) is 18.3 Å². The summed E-state index contributed by atoms with van der Waals surface area (Å²) in [5.74, 6) is 0.322. The molecule has 0 fully saturated rings. The van der Waals surface area contributed by atoms with Gasteiger partial charge in [0.25, 0.3) is 5.91 Å². The molecule has 110 valence electrons. The van der Waals surface area contributed by atoms with E-state index in [4.69, 9.17) is 34.8 Å². The highest BCUT2D eigenvalue weighted by molar-refractivity contribution is 6.44. The monoisotopic (exact) mass is 343 g/mol. The van der Waals surface area contributed by atoms with E-state index in [1.165, 1.54) is 12.1 Å². The number of anilines is 2. The zero-order chi connectivity index (χ0) is 15.4. The second kappa shape index (κ2) is 6.98. The summed E-state index contributed by atoms with van der Waals surface area (Å²) in [5, 5.41) is 6.70. The second-order valence-corrected chi connectivity index (χ2v) is 5.38. The zero-order valence-electron chi connectivity index (χ0n) is 11.1. The molecule has 0 bridgehead atoms. The van der Waals surface area contributed by atoms with Crippen molar-refractivity contribution in [3.8, 4) is 0 Å². The van der Waals surface area contributed by atoms with Gasteiger partial charge in [-0.25, -0.2) is 4.98 Å². The molecule has 7 heteroatoms. The predicted octanol–water partition coefficient (Wildman–Crippen LogP) is 4.73. The van der Waals surface area contributed by atoms with E-state index < -0.39 is 0 Å². The van der Waals surface area contributed by atoms with E-state index in [2.05, 4.69) is 15.6 Å². The van der Waals surface area contributed by atoms with Crippen molar-refractivity contribution in [2.45, 2.75) is 6.92 Å². The number of carbonyl (C=O) groups excluding carboxylic acids is 1. The number of amides is 1. The first kappa shape index (κ1) is 15.9. The molecule has 1 aromatic carbocycles. The Morgan fingerprint density at radius 2 is 1.86 bits per heavy atom. The number of benzene rings is 1. The summed E-state index contributed by atoms with van der Waals surface area (Å²) in [5.41, 5.74) is 0.862. The van der Waals surface area contributed by atoms with Crippen LogP contribution in [0.25, 0.3) is 0 Å². The van der Waals surface area contributed by atoms with Crippen molar-refractivity contribution >= 4 is 52.2 Å². The molecule has 21 heavy (non-hydrogen) atoms. The van der Waals surface area contributed by atoms with Gasteiger partial charge in [0.2, 0.25) is 0 Å². The fourth-order valence-corrected chi connectivity index (χ4v) is 2.26. The largest absolute Gasteiger partial charge is 0.370 e. The highest BCUT2D eigenvalue weighted by atomic mass is 35.5. The highest BCUT2D eigenvalue weighted by Crippen LogP contribution is 2.32. The molecule has 0 aliphatic carbocycles. The van der Waals surface area contributed by atoms with Crippen LogP contribution >= 0.6 is 34.8 Å². The Morgan fingerprint density at radius 3 is 2.57 bits per heavy atom. The topological polar surface area (TPSA) is 54.0 Å². The van der Waals surface area contributed by atoms with Gasteiger partial charge >= 0.3 is 0 Å². The number of rotatable bonds is 4. The molecule has 1 aromatic heterocycles. The minimum absolute atomic E-state index is 0.308. The van der Waals surface area contributed by atoms with Crippen molar-refractivity contribution in [3.63, 3.8) is 0 Å². The van der Waals surface area contributed by atoms with E-state index in [9.17, 15) is 4.79 Å². The molecule has 0 spiro atoms. The van der Waals surface area contributed by atoms with Crippen molar-refractivity contribution in [1.29, 1.82) is 0 Å². The maximum atomic E-state index is 12.2. The first-order valence-corrected chi connectivity index (χ1v) is 7.30. The van der Waals surface area contributed by atoms with Crippen molar-refractivity contribution in [3.05, 3.63) is 51.1 Å². The molecule has 2 rings (SSSR count). The molecular weight excluding hydrogens is 333 g/mol. The Morgan fingerprint density at radius 1 is 1.14 bits per heavy atom. The maximum Gasteiger partial charge on any atom is 0.255 e.